The van der Waals surface area contributed by atoms with Crippen LogP contribution in [0.25, 0.3) is 0 Å². The Hall–Kier alpha value is -0.610. The molecule has 2 aliphatic rings. The first-order valence-corrected chi connectivity index (χ1v) is 4.82. The van der Waals surface area contributed by atoms with E-state index in [2.05, 4.69) is 5.32 Å². The predicted molar refractivity (Wildman–Crippen MR) is 46.5 cm³/mol. The molecule has 0 aromatic heterocycles. The molecule has 0 bridgehead atoms. The van der Waals surface area contributed by atoms with Crippen molar-refractivity contribution in [2.45, 2.75) is 24.9 Å². The van der Waals surface area contributed by atoms with Crippen molar-refractivity contribution < 1.29 is 14.6 Å². The molecule has 0 aliphatic carbocycles. The maximum atomic E-state index is 11.0. The zero-order valence-corrected chi connectivity index (χ0v) is 7.58. The van der Waals surface area contributed by atoms with E-state index >= 15 is 0 Å². The van der Waals surface area contributed by atoms with Gasteiger partial charge in [-0.15, -0.1) is 0 Å². The van der Waals surface area contributed by atoms with Crippen LogP contribution in [0.1, 0.15) is 19.3 Å². The zero-order chi connectivity index (χ0) is 9.31. The summed E-state index contributed by atoms with van der Waals surface area (Å²) in [7, 11) is 0. The molecule has 13 heavy (non-hydrogen) atoms. The van der Waals surface area contributed by atoms with Gasteiger partial charge in [-0.1, -0.05) is 0 Å². The molecule has 2 heterocycles. The maximum absolute atomic E-state index is 11.0. The quantitative estimate of drug-likeness (QED) is 0.614. The number of carbonyl (C=O) groups is 1. The van der Waals surface area contributed by atoms with E-state index in [0.717, 1.165) is 25.9 Å². The largest absolute Gasteiger partial charge is 0.481 e. The van der Waals surface area contributed by atoms with E-state index in [4.69, 9.17) is 9.84 Å². The molecule has 1 atom stereocenters. The van der Waals surface area contributed by atoms with Crippen molar-refractivity contribution in [3.8, 4) is 0 Å². The summed E-state index contributed by atoms with van der Waals surface area (Å²) >= 11 is 0. The van der Waals surface area contributed by atoms with E-state index in [1.165, 1.54) is 0 Å². The highest BCUT2D eigenvalue weighted by molar-refractivity contribution is 5.72. The Morgan fingerprint density at radius 2 is 2.15 bits per heavy atom. The standard InChI is InChI=1S/C9H15NO3/c11-8(12)7-1-6-13-9(7)2-4-10-5-3-9/h7,10H,1-6H2,(H,11,12). The number of rotatable bonds is 1. The van der Waals surface area contributed by atoms with Gasteiger partial charge in [0.25, 0.3) is 0 Å². The molecule has 2 N–H and O–H groups in total. The maximum Gasteiger partial charge on any atom is 0.309 e. The van der Waals surface area contributed by atoms with Gasteiger partial charge in [0.2, 0.25) is 0 Å². The Balaban J connectivity index is 2.13. The van der Waals surface area contributed by atoms with Crippen LogP contribution in [-0.4, -0.2) is 36.4 Å². The summed E-state index contributed by atoms with van der Waals surface area (Å²) < 4.78 is 5.63. The van der Waals surface area contributed by atoms with Crippen LogP contribution in [0.5, 0.6) is 0 Å². The molecule has 1 spiro atoms. The Morgan fingerprint density at radius 3 is 2.77 bits per heavy atom. The van der Waals surface area contributed by atoms with Crippen molar-refractivity contribution >= 4 is 5.97 Å². The Kier molecular flexibility index (Phi) is 2.26. The number of hydrogen-bond donors (Lipinski definition) is 2. The average Bonchev–Trinajstić information content (AvgIpc) is 2.50. The third-order valence-electron chi connectivity index (χ3n) is 3.18. The van der Waals surface area contributed by atoms with Crippen LogP contribution in [0, 0.1) is 5.92 Å². The second kappa shape index (κ2) is 3.27. The predicted octanol–water partition coefficient (Wildman–Crippen LogP) is 0.230. The van der Waals surface area contributed by atoms with Crippen molar-refractivity contribution in [2.24, 2.45) is 5.92 Å². The molecule has 1 unspecified atom stereocenters. The molecule has 2 rings (SSSR count). The van der Waals surface area contributed by atoms with Gasteiger partial charge in [-0.25, -0.2) is 0 Å². The molecule has 2 fully saturated rings. The Morgan fingerprint density at radius 1 is 1.46 bits per heavy atom. The molecule has 0 aromatic carbocycles. The van der Waals surface area contributed by atoms with Gasteiger partial charge in [-0.05, 0) is 32.4 Å². The monoisotopic (exact) mass is 185 g/mol. The first-order chi connectivity index (χ1) is 6.25. The molecule has 2 aliphatic heterocycles. The van der Waals surface area contributed by atoms with Gasteiger partial charge in [0.05, 0.1) is 11.5 Å². The highest BCUT2D eigenvalue weighted by Gasteiger charge is 2.48. The summed E-state index contributed by atoms with van der Waals surface area (Å²) in [5.41, 5.74) is -0.350. The van der Waals surface area contributed by atoms with Crippen molar-refractivity contribution in [3.05, 3.63) is 0 Å². The van der Waals surface area contributed by atoms with E-state index in [0.29, 0.717) is 13.0 Å². The lowest BCUT2D eigenvalue weighted by Crippen LogP contribution is -2.48. The molecule has 4 heteroatoms. The summed E-state index contributed by atoms with van der Waals surface area (Å²) in [6.07, 6.45) is 2.35. The van der Waals surface area contributed by atoms with Crippen molar-refractivity contribution in [1.29, 1.82) is 0 Å². The van der Waals surface area contributed by atoms with E-state index in [9.17, 15) is 4.79 Å². The smallest absolute Gasteiger partial charge is 0.309 e. The Bertz CT molecular complexity index is 211. The molecule has 2 saturated heterocycles. The van der Waals surface area contributed by atoms with Gasteiger partial charge >= 0.3 is 5.97 Å². The van der Waals surface area contributed by atoms with Crippen LogP contribution in [0.2, 0.25) is 0 Å². The summed E-state index contributed by atoms with van der Waals surface area (Å²) in [6.45, 7) is 2.37. The van der Waals surface area contributed by atoms with Crippen LogP contribution >= 0.6 is 0 Å². The molecule has 0 saturated carbocycles. The molecular weight excluding hydrogens is 170 g/mol. The average molecular weight is 185 g/mol. The Labute approximate surface area is 77.3 Å². The molecule has 74 valence electrons. The van der Waals surface area contributed by atoms with E-state index < -0.39 is 5.97 Å². The first-order valence-electron chi connectivity index (χ1n) is 4.82. The number of carboxylic acid groups (broad SMARTS) is 1. The van der Waals surface area contributed by atoms with Crippen LogP contribution in [-0.2, 0) is 9.53 Å². The lowest BCUT2D eigenvalue weighted by Gasteiger charge is -2.36. The molecule has 0 amide bonds. The van der Waals surface area contributed by atoms with Gasteiger partial charge in [-0.2, -0.15) is 0 Å². The number of hydrogen-bond acceptors (Lipinski definition) is 3. The molecule has 0 aromatic rings. The van der Waals surface area contributed by atoms with Crippen molar-refractivity contribution in [2.75, 3.05) is 19.7 Å². The number of carboxylic acids is 1. The van der Waals surface area contributed by atoms with E-state index in [1.54, 1.807) is 0 Å². The van der Waals surface area contributed by atoms with Crippen LogP contribution in [0.4, 0.5) is 0 Å². The van der Waals surface area contributed by atoms with Gasteiger partial charge in [0.1, 0.15) is 0 Å². The van der Waals surface area contributed by atoms with Crippen LogP contribution in [0.15, 0.2) is 0 Å². The summed E-state index contributed by atoms with van der Waals surface area (Å²) in [5, 5.41) is 12.3. The SMILES string of the molecule is O=C(O)C1CCOC12CCNCC2. The normalized spacial score (nSPS) is 32.2. The lowest BCUT2D eigenvalue weighted by molar-refractivity contribution is -0.149. The number of ether oxygens (including phenoxy) is 1. The molecule has 0 radical (unpaired) electrons. The zero-order valence-electron chi connectivity index (χ0n) is 7.58. The minimum atomic E-state index is -0.695. The van der Waals surface area contributed by atoms with Gasteiger partial charge in [0, 0.05) is 6.61 Å². The highest BCUT2D eigenvalue weighted by Crippen LogP contribution is 2.39. The summed E-state index contributed by atoms with van der Waals surface area (Å²) in [5.74, 6) is -0.978. The number of aliphatic carboxylic acids is 1. The third-order valence-corrected chi connectivity index (χ3v) is 3.18. The third kappa shape index (κ3) is 1.44. The fourth-order valence-corrected chi connectivity index (χ4v) is 2.43. The van der Waals surface area contributed by atoms with Gasteiger partial charge in [-0.3, -0.25) is 4.79 Å². The second-order valence-corrected chi connectivity index (χ2v) is 3.84. The lowest BCUT2D eigenvalue weighted by atomic mass is 9.80. The van der Waals surface area contributed by atoms with E-state index in [1.807, 2.05) is 0 Å². The summed E-state index contributed by atoms with van der Waals surface area (Å²) in [6, 6.07) is 0. The van der Waals surface area contributed by atoms with Crippen LogP contribution in [0.3, 0.4) is 0 Å². The second-order valence-electron chi connectivity index (χ2n) is 3.84. The fourth-order valence-electron chi connectivity index (χ4n) is 2.43. The fraction of sp³-hybridized carbons (Fsp3) is 0.889. The van der Waals surface area contributed by atoms with Crippen molar-refractivity contribution in [1.82, 2.24) is 5.32 Å². The number of piperidine rings is 1. The first kappa shape index (κ1) is 8.97. The summed E-state index contributed by atoms with van der Waals surface area (Å²) in [4.78, 5) is 11.0. The molecule has 4 nitrogen and oxygen atoms in total. The van der Waals surface area contributed by atoms with Gasteiger partial charge < -0.3 is 15.2 Å². The van der Waals surface area contributed by atoms with Crippen molar-refractivity contribution in [3.63, 3.8) is 0 Å². The minimum Gasteiger partial charge on any atom is -0.481 e. The van der Waals surface area contributed by atoms with Gasteiger partial charge in [0.15, 0.2) is 0 Å². The van der Waals surface area contributed by atoms with Crippen LogP contribution < -0.4 is 5.32 Å². The topological polar surface area (TPSA) is 58.6 Å². The number of nitrogens with one attached hydrogen (secondary N) is 1. The highest BCUT2D eigenvalue weighted by atomic mass is 16.5. The minimum absolute atomic E-state index is 0.283. The van der Waals surface area contributed by atoms with E-state index in [-0.39, 0.29) is 11.5 Å². The molecular formula is C9H15NO3.